The molecule has 0 aliphatic heterocycles. The van der Waals surface area contributed by atoms with Gasteiger partial charge >= 0.3 is 0 Å². The number of hydrogen-bond acceptors (Lipinski definition) is 4. The molecule has 0 unspecified atom stereocenters. The van der Waals surface area contributed by atoms with E-state index < -0.39 is 0 Å². The fourth-order valence-electron chi connectivity index (χ4n) is 2.31. The molecule has 6 heteroatoms. The molecule has 5 nitrogen and oxygen atoms in total. The van der Waals surface area contributed by atoms with Gasteiger partial charge in [0.1, 0.15) is 5.69 Å². The largest absolute Gasteiger partial charge is 0.324 e. The second-order valence-electron chi connectivity index (χ2n) is 5.60. The number of halogens is 1. The molecule has 0 spiro atoms. The van der Waals surface area contributed by atoms with E-state index in [1.165, 1.54) is 5.56 Å². The summed E-state index contributed by atoms with van der Waals surface area (Å²) in [6, 6.07) is 14.5. The zero-order chi connectivity index (χ0) is 17.8. The highest BCUT2D eigenvalue weighted by Crippen LogP contribution is 2.21. The Labute approximate surface area is 151 Å². The molecule has 1 amide bonds. The number of amides is 1. The van der Waals surface area contributed by atoms with E-state index in [0.29, 0.717) is 16.7 Å². The third-order valence-corrected chi connectivity index (χ3v) is 4.06. The van der Waals surface area contributed by atoms with Crippen molar-refractivity contribution < 1.29 is 4.79 Å². The van der Waals surface area contributed by atoms with Gasteiger partial charge in [-0.1, -0.05) is 29.8 Å². The highest BCUT2D eigenvalue weighted by atomic mass is 35.5. The van der Waals surface area contributed by atoms with Gasteiger partial charge in [0.25, 0.3) is 5.91 Å². The van der Waals surface area contributed by atoms with E-state index in [-0.39, 0.29) is 11.6 Å². The summed E-state index contributed by atoms with van der Waals surface area (Å²) in [6.45, 7) is 4.06. The van der Waals surface area contributed by atoms with Gasteiger partial charge in [0.15, 0.2) is 0 Å². The van der Waals surface area contributed by atoms with Gasteiger partial charge in [0, 0.05) is 22.6 Å². The Hall–Kier alpha value is -2.92. The summed E-state index contributed by atoms with van der Waals surface area (Å²) in [7, 11) is 0. The van der Waals surface area contributed by atoms with Crippen molar-refractivity contribution in [2.24, 2.45) is 0 Å². The second kappa shape index (κ2) is 7.32. The minimum atomic E-state index is -0.325. The number of benzene rings is 2. The van der Waals surface area contributed by atoms with Crippen LogP contribution in [0.4, 0.5) is 17.3 Å². The molecule has 0 bridgehead atoms. The van der Waals surface area contributed by atoms with Gasteiger partial charge < -0.3 is 10.6 Å². The molecule has 1 heterocycles. The number of aryl methyl sites for hydroxylation is 1. The van der Waals surface area contributed by atoms with Crippen LogP contribution in [0.1, 0.15) is 21.6 Å². The van der Waals surface area contributed by atoms with E-state index in [0.717, 1.165) is 11.3 Å². The standard InChI is InChI=1S/C19H17ClN4O/c1-12-5-3-8-16(13(12)2)23-19-21-10-9-17(24-19)18(25)22-15-7-4-6-14(20)11-15/h3-11H,1-2H3,(H,22,25)(H,21,23,24). The summed E-state index contributed by atoms with van der Waals surface area (Å²) in [5.41, 5.74) is 4.06. The Bertz CT molecular complexity index is 927. The Morgan fingerprint density at radius 1 is 1.08 bits per heavy atom. The van der Waals surface area contributed by atoms with Crippen LogP contribution in [-0.4, -0.2) is 15.9 Å². The zero-order valence-electron chi connectivity index (χ0n) is 13.9. The SMILES string of the molecule is Cc1cccc(Nc2nccc(C(=O)Nc3cccc(Cl)c3)n2)c1C. The Morgan fingerprint density at radius 2 is 1.88 bits per heavy atom. The summed E-state index contributed by atoms with van der Waals surface area (Å²) in [5.74, 6) is 0.0427. The molecule has 0 radical (unpaired) electrons. The van der Waals surface area contributed by atoms with Gasteiger partial charge in [0.2, 0.25) is 5.95 Å². The molecule has 0 atom stereocenters. The first-order valence-electron chi connectivity index (χ1n) is 7.76. The molecule has 3 aromatic rings. The van der Waals surface area contributed by atoms with Crippen molar-refractivity contribution in [1.82, 2.24) is 9.97 Å². The highest BCUT2D eigenvalue weighted by molar-refractivity contribution is 6.30. The smallest absolute Gasteiger partial charge is 0.274 e. The lowest BCUT2D eigenvalue weighted by Gasteiger charge is -2.11. The molecule has 2 N–H and O–H groups in total. The first-order valence-corrected chi connectivity index (χ1v) is 8.14. The average molecular weight is 353 g/mol. The Balaban J connectivity index is 1.79. The van der Waals surface area contributed by atoms with E-state index >= 15 is 0 Å². The van der Waals surface area contributed by atoms with Crippen LogP contribution in [-0.2, 0) is 0 Å². The predicted octanol–water partition coefficient (Wildman–Crippen LogP) is 4.74. The first-order chi connectivity index (χ1) is 12.0. The fraction of sp³-hybridized carbons (Fsp3) is 0.105. The molecular formula is C19H17ClN4O. The van der Waals surface area contributed by atoms with Crippen molar-refractivity contribution in [1.29, 1.82) is 0 Å². The summed E-state index contributed by atoms with van der Waals surface area (Å²) >= 11 is 5.93. The third-order valence-electron chi connectivity index (χ3n) is 3.82. The van der Waals surface area contributed by atoms with E-state index in [1.807, 2.05) is 32.0 Å². The van der Waals surface area contributed by atoms with E-state index in [1.54, 1.807) is 36.5 Å². The maximum Gasteiger partial charge on any atom is 0.274 e. The zero-order valence-corrected chi connectivity index (χ0v) is 14.6. The van der Waals surface area contributed by atoms with Crippen LogP contribution in [0, 0.1) is 13.8 Å². The van der Waals surface area contributed by atoms with Crippen LogP contribution in [0.25, 0.3) is 0 Å². The summed E-state index contributed by atoms with van der Waals surface area (Å²) in [6.07, 6.45) is 1.55. The quantitative estimate of drug-likeness (QED) is 0.711. The molecule has 1 aromatic heterocycles. The van der Waals surface area contributed by atoms with Crippen molar-refractivity contribution in [3.8, 4) is 0 Å². The molecule has 0 saturated carbocycles. The predicted molar refractivity (Wildman–Crippen MR) is 101 cm³/mol. The minimum Gasteiger partial charge on any atom is -0.324 e. The molecule has 126 valence electrons. The molecule has 0 fully saturated rings. The van der Waals surface area contributed by atoms with Gasteiger partial charge in [-0.05, 0) is 55.3 Å². The van der Waals surface area contributed by atoms with E-state index in [9.17, 15) is 4.79 Å². The number of carbonyl (C=O) groups excluding carboxylic acids is 1. The third kappa shape index (κ3) is 4.14. The molecule has 2 aromatic carbocycles. The molecule has 0 aliphatic rings. The minimum absolute atomic E-state index is 0.266. The number of nitrogens with zero attached hydrogens (tertiary/aromatic N) is 2. The summed E-state index contributed by atoms with van der Waals surface area (Å²) in [4.78, 5) is 20.9. The number of hydrogen-bond donors (Lipinski definition) is 2. The molecule has 3 rings (SSSR count). The first kappa shape index (κ1) is 16.9. The maximum absolute atomic E-state index is 12.4. The van der Waals surface area contributed by atoms with Crippen LogP contribution in [0.3, 0.4) is 0 Å². The van der Waals surface area contributed by atoms with Gasteiger partial charge in [-0.25, -0.2) is 9.97 Å². The van der Waals surface area contributed by atoms with Gasteiger partial charge in [0.05, 0.1) is 0 Å². The van der Waals surface area contributed by atoms with Crippen LogP contribution in [0.15, 0.2) is 54.7 Å². The maximum atomic E-state index is 12.4. The highest BCUT2D eigenvalue weighted by Gasteiger charge is 2.10. The number of anilines is 3. The van der Waals surface area contributed by atoms with Crippen LogP contribution >= 0.6 is 11.6 Å². The Morgan fingerprint density at radius 3 is 2.68 bits per heavy atom. The molecule has 25 heavy (non-hydrogen) atoms. The molecule has 0 aliphatic carbocycles. The lowest BCUT2D eigenvalue weighted by atomic mass is 10.1. The van der Waals surface area contributed by atoms with E-state index in [4.69, 9.17) is 11.6 Å². The van der Waals surface area contributed by atoms with Crippen molar-refractivity contribution in [3.63, 3.8) is 0 Å². The van der Waals surface area contributed by atoms with Crippen molar-refractivity contribution >= 4 is 34.8 Å². The van der Waals surface area contributed by atoms with Gasteiger partial charge in [-0.3, -0.25) is 4.79 Å². The fourth-order valence-corrected chi connectivity index (χ4v) is 2.50. The topological polar surface area (TPSA) is 66.9 Å². The lowest BCUT2D eigenvalue weighted by Crippen LogP contribution is -2.14. The van der Waals surface area contributed by atoms with Crippen molar-refractivity contribution in [2.75, 3.05) is 10.6 Å². The Kier molecular flexibility index (Phi) is 4.95. The van der Waals surface area contributed by atoms with Crippen LogP contribution < -0.4 is 10.6 Å². The van der Waals surface area contributed by atoms with Gasteiger partial charge in [-0.2, -0.15) is 0 Å². The lowest BCUT2D eigenvalue weighted by molar-refractivity contribution is 0.102. The number of nitrogens with one attached hydrogen (secondary N) is 2. The average Bonchev–Trinajstić information content (AvgIpc) is 2.59. The van der Waals surface area contributed by atoms with E-state index in [2.05, 4.69) is 20.6 Å². The summed E-state index contributed by atoms with van der Waals surface area (Å²) in [5, 5.41) is 6.48. The van der Waals surface area contributed by atoms with Crippen LogP contribution in [0.2, 0.25) is 5.02 Å². The number of aromatic nitrogens is 2. The van der Waals surface area contributed by atoms with Crippen LogP contribution in [0.5, 0.6) is 0 Å². The monoisotopic (exact) mass is 352 g/mol. The molecular weight excluding hydrogens is 336 g/mol. The number of rotatable bonds is 4. The van der Waals surface area contributed by atoms with Crippen molar-refractivity contribution in [3.05, 3.63) is 76.6 Å². The van der Waals surface area contributed by atoms with Crippen molar-refractivity contribution in [2.45, 2.75) is 13.8 Å². The second-order valence-corrected chi connectivity index (χ2v) is 6.04. The number of carbonyl (C=O) groups is 1. The molecule has 0 saturated heterocycles. The normalized spacial score (nSPS) is 10.4. The van der Waals surface area contributed by atoms with Gasteiger partial charge in [-0.15, -0.1) is 0 Å². The summed E-state index contributed by atoms with van der Waals surface area (Å²) < 4.78 is 0.